The number of rotatable bonds is 7. The molecule has 0 saturated carbocycles. The van der Waals surface area contributed by atoms with Crippen molar-refractivity contribution in [1.82, 2.24) is 0 Å². The molecule has 27 heavy (non-hydrogen) atoms. The molecule has 2 aromatic rings. The van der Waals surface area contributed by atoms with Gasteiger partial charge in [-0.05, 0) is 30.4 Å². The van der Waals surface area contributed by atoms with Crippen LogP contribution in [0.5, 0.6) is 0 Å². The quantitative estimate of drug-likeness (QED) is 0.582. The summed E-state index contributed by atoms with van der Waals surface area (Å²) in [6, 6.07) is 12.9. The Morgan fingerprint density at radius 1 is 1.22 bits per heavy atom. The molecule has 7 heteroatoms. The molecule has 1 heterocycles. The maximum atomic E-state index is 14.7. The van der Waals surface area contributed by atoms with Crippen LogP contribution >= 0.6 is 0 Å². The lowest BCUT2D eigenvalue weighted by Gasteiger charge is -2.34. The highest BCUT2D eigenvalue weighted by Crippen LogP contribution is 2.35. The Labute approximate surface area is 158 Å². The first-order valence-electron chi connectivity index (χ1n) is 9.11. The highest BCUT2D eigenvalue weighted by Gasteiger charge is 2.26. The number of hydrogen-bond donors (Lipinski definition) is 1. The van der Waals surface area contributed by atoms with E-state index in [4.69, 9.17) is 4.74 Å². The maximum absolute atomic E-state index is 14.7. The highest BCUT2D eigenvalue weighted by atomic mass is 19.1. The molecule has 0 atom stereocenters. The SMILES string of the molecule is CNc1c([N+](=O)[O-])ccc(N2CCC(COCc3ccccc3)CC2)c1F. The van der Waals surface area contributed by atoms with E-state index in [9.17, 15) is 14.5 Å². The van der Waals surface area contributed by atoms with Gasteiger partial charge < -0.3 is 15.0 Å². The molecule has 2 aromatic carbocycles. The van der Waals surface area contributed by atoms with Crippen LogP contribution in [0.3, 0.4) is 0 Å². The summed E-state index contributed by atoms with van der Waals surface area (Å²) in [7, 11) is 1.49. The number of benzene rings is 2. The topological polar surface area (TPSA) is 67.6 Å². The van der Waals surface area contributed by atoms with Gasteiger partial charge >= 0.3 is 0 Å². The Kier molecular flexibility index (Phi) is 6.24. The molecule has 0 bridgehead atoms. The number of nitrogens with one attached hydrogen (secondary N) is 1. The first kappa shape index (κ1) is 19.1. The van der Waals surface area contributed by atoms with E-state index in [1.165, 1.54) is 19.2 Å². The third-order valence-electron chi connectivity index (χ3n) is 4.97. The van der Waals surface area contributed by atoms with Crippen molar-refractivity contribution in [2.75, 3.05) is 37.0 Å². The van der Waals surface area contributed by atoms with Crippen molar-refractivity contribution in [2.24, 2.45) is 5.92 Å². The molecule has 1 aliphatic heterocycles. The lowest BCUT2D eigenvalue weighted by Crippen LogP contribution is -2.35. The molecule has 144 valence electrons. The van der Waals surface area contributed by atoms with Crippen molar-refractivity contribution < 1.29 is 14.1 Å². The van der Waals surface area contributed by atoms with Gasteiger partial charge in [0.15, 0.2) is 11.5 Å². The molecule has 0 amide bonds. The van der Waals surface area contributed by atoms with Crippen LogP contribution in [0.4, 0.5) is 21.5 Å². The van der Waals surface area contributed by atoms with Crippen molar-refractivity contribution >= 4 is 17.1 Å². The van der Waals surface area contributed by atoms with Gasteiger partial charge in [-0.25, -0.2) is 4.39 Å². The molecule has 1 aliphatic rings. The van der Waals surface area contributed by atoms with Crippen LogP contribution < -0.4 is 10.2 Å². The standard InChI is InChI=1S/C20H24FN3O3/c1-22-20-18(24(25)26)8-7-17(19(20)21)23-11-9-16(10-12-23)14-27-13-15-5-3-2-4-6-15/h2-8,16,22H,9-14H2,1H3. The monoisotopic (exact) mass is 373 g/mol. The summed E-state index contributed by atoms with van der Waals surface area (Å²) in [6.07, 6.45) is 1.81. The van der Waals surface area contributed by atoms with Crippen molar-refractivity contribution in [1.29, 1.82) is 0 Å². The highest BCUT2D eigenvalue weighted by molar-refractivity contribution is 5.70. The smallest absolute Gasteiger partial charge is 0.295 e. The molecule has 1 fully saturated rings. The van der Waals surface area contributed by atoms with E-state index < -0.39 is 10.7 Å². The third-order valence-corrected chi connectivity index (χ3v) is 4.97. The zero-order valence-electron chi connectivity index (χ0n) is 15.4. The maximum Gasteiger partial charge on any atom is 0.295 e. The number of nitrogens with zero attached hydrogens (tertiary/aromatic N) is 2. The van der Waals surface area contributed by atoms with Crippen LogP contribution in [0.15, 0.2) is 42.5 Å². The summed E-state index contributed by atoms with van der Waals surface area (Å²) >= 11 is 0. The summed E-state index contributed by atoms with van der Waals surface area (Å²) in [5, 5.41) is 13.7. The molecule has 0 spiro atoms. The number of nitro benzene ring substituents is 1. The van der Waals surface area contributed by atoms with E-state index >= 15 is 0 Å². The fourth-order valence-corrected chi connectivity index (χ4v) is 3.45. The van der Waals surface area contributed by atoms with Crippen LogP contribution in [-0.2, 0) is 11.3 Å². The number of halogens is 1. The minimum Gasteiger partial charge on any atom is -0.380 e. The average Bonchev–Trinajstić information content (AvgIpc) is 2.69. The predicted molar refractivity (Wildman–Crippen MR) is 104 cm³/mol. The van der Waals surface area contributed by atoms with Gasteiger partial charge in [-0.15, -0.1) is 0 Å². The van der Waals surface area contributed by atoms with E-state index in [0.29, 0.717) is 37.9 Å². The summed E-state index contributed by atoms with van der Waals surface area (Å²) in [6.45, 7) is 2.70. The van der Waals surface area contributed by atoms with E-state index in [0.717, 1.165) is 18.4 Å². The Morgan fingerprint density at radius 2 is 1.93 bits per heavy atom. The minimum atomic E-state index is -0.574. The van der Waals surface area contributed by atoms with Crippen molar-refractivity contribution in [2.45, 2.75) is 19.4 Å². The lowest BCUT2D eigenvalue weighted by atomic mass is 9.97. The van der Waals surface area contributed by atoms with Gasteiger partial charge in [0.25, 0.3) is 5.69 Å². The Morgan fingerprint density at radius 3 is 2.56 bits per heavy atom. The second-order valence-corrected chi connectivity index (χ2v) is 6.73. The summed E-state index contributed by atoms with van der Waals surface area (Å²) in [5.74, 6) is -0.125. The molecule has 1 saturated heterocycles. The first-order valence-corrected chi connectivity index (χ1v) is 9.11. The molecule has 0 unspecified atom stereocenters. The number of ether oxygens (including phenoxy) is 1. The van der Waals surface area contributed by atoms with Crippen molar-refractivity contribution in [3.05, 3.63) is 64.0 Å². The summed E-state index contributed by atoms with van der Waals surface area (Å²) < 4.78 is 20.6. The van der Waals surface area contributed by atoms with Crippen molar-refractivity contribution in [3.8, 4) is 0 Å². The van der Waals surface area contributed by atoms with Gasteiger partial charge in [0, 0.05) is 32.8 Å². The van der Waals surface area contributed by atoms with E-state index in [-0.39, 0.29) is 11.4 Å². The molecular weight excluding hydrogens is 349 g/mol. The first-order chi connectivity index (χ1) is 13.1. The fourth-order valence-electron chi connectivity index (χ4n) is 3.45. The van der Waals surface area contributed by atoms with E-state index in [2.05, 4.69) is 5.32 Å². The van der Waals surface area contributed by atoms with Crippen LogP contribution in [0, 0.1) is 21.8 Å². The van der Waals surface area contributed by atoms with Gasteiger partial charge in [-0.1, -0.05) is 30.3 Å². The van der Waals surface area contributed by atoms with Gasteiger partial charge in [0.2, 0.25) is 0 Å². The second-order valence-electron chi connectivity index (χ2n) is 6.73. The lowest BCUT2D eigenvalue weighted by molar-refractivity contribution is -0.384. The number of piperidine rings is 1. The molecule has 6 nitrogen and oxygen atoms in total. The molecule has 0 radical (unpaired) electrons. The number of nitro groups is 1. The van der Waals surface area contributed by atoms with Crippen LogP contribution in [0.1, 0.15) is 18.4 Å². The Balaban J connectivity index is 1.55. The van der Waals surface area contributed by atoms with Crippen LogP contribution in [0.2, 0.25) is 0 Å². The second kappa shape index (κ2) is 8.81. The predicted octanol–water partition coefficient (Wildman–Crippen LogP) is 4.21. The molecule has 3 rings (SSSR count). The molecule has 0 aromatic heterocycles. The third kappa shape index (κ3) is 4.54. The average molecular weight is 373 g/mol. The van der Waals surface area contributed by atoms with Crippen LogP contribution in [0.25, 0.3) is 0 Å². The zero-order valence-corrected chi connectivity index (χ0v) is 15.4. The van der Waals surface area contributed by atoms with Crippen LogP contribution in [-0.4, -0.2) is 31.7 Å². The molecule has 0 aliphatic carbocycles. The number of anilines is 2. The molecule has 1 N–H and O–H groups in total. The van der Waals surface area contributed by atoms with Gasteiger partial charge in [-0.3, -0.25) is 10.1 Å². The van der Waals surface area contributed by atoms with Crippen molar-refractivity contribution in [3.63, 3.8) is 0 Å². The Bertz CT molecular complexity index is 778. The number of hydrogen-bond acceptors (Lipinski definition) is 5. The van der Waals surface area contributed by atoms with Gasteiger partial charge in [0.05, 0.1) is 17.2 Å². The summed E-state index contributed by atoms with van der Waals surface area (Å²) in [4.78, 5) is 12.4. The van der Waals surface area contributed by atoms with E-state index in [1.54, 1.807) is 0 Å². The zero-order chi connectivity index (χ0) is 19.2. The largest absolute Gasteiger partial charge is 0.380 e. The normalized spacial score (nSPS) is 15.0. The van der Waals surface area contributed by atoms with Gasteiger partial charge in [0.1, 0.15) is 0 Å². The van der Waals surface area contributed by atoms with Gasteiger partial charge in [-0.2, -0.15) is 0 Å². The fraction of sp³-hybridized carbons (Fsp3) is 0.400. The Hall–Kier alpha value is -2.67. The summed E-state index contributed by atoms with van der Waals surface area (Å²) in [5.41, 5.74) is 1.25. The van der Waals surface area contributed by atoms with E-state index in [1.807, 2.05) is 35.2 Å². The molecular formula is C20H24FN3O3. The minimum absolute atomic E-state index is 0.0641.